The number of nitrogens with zero attached hydrogens (tertiary/aromatic N) is 1. The molecule has 1 amide bonds. The maximum Gasteiger partial charge on any atom is 0.232 e. The van der Waals surface area contributed by atoms with Gasteiger partial charge in [0.1, 0.15) is 0 Å². The Labute approximate surface area is 90.6 Å². The molecule has 0 spiro atoms. The van der Waals surface area contributed by atoms with E-state index in [2.05, 4.69) is 19.2 Å². The standard InChI is InChI=1S/C10H20N2OS/c1-3-6-14-8-10(13)12-5-4-11-7-9(12)2/h9,11H,3-8H2,1-2H3/t9-/m1/s1. The van der Waals surface area contributed by atoms with Crippen LogP contribution in [0.25, 0.3) is 0 Å². The Hall–Kier alpha value is -0.220. The van der Waals surface area contributed by atoms with E-state index in [1.807, 2.05) is 4.90 Å². The summed E-state index contributed by atoms with van der Waals surface area (Å²) in [5, 5.41) is 3.29. The Morgan fingerprint density at radius 3 is 3.07 bits per heavy atom. The van der Waals surface area contributed by atoms with Crippen LogP contribution in [0, 0.1) is 0 Å². The number of carbonyl (C=O) groups is 1. The van der Waals surface area contributed by atoms with Gasteiger partial charge in [0.05, 0.1) is 5.75 Å². The molecule has 1 rings (SSSR count). The zero-order valence-corrected chi connectivity index (χ0v) is 9.90. The summed E-state index contributed by atoms with van der Waals surface area (Å²) in [6.07, 6.45) is 1.15. The minimum absolute atomic E-state index is 0.303. The van der Waals surface area contributed by atoms with Crippen LogP contribution in [0.15, 0.2) is 0 Å². The molecule has 1 atom stereocenters. The van der Waals surface area contributed by atoms with Crippen LogP contribution < -0.4 is 5.32 Å². The maximum atomic E-state index is 11.8. The van der Waals surface area contributed by atoms with Gasteiger partial charge in [-0.1, -0.05) is 6.92 Å². The number of piperazine rings is 1. The lowest BCUT2D eigenvalue weighted by atomic mass is 10.2. The van der Waals surface area contributed by atoms with Gasteiger partial charge in [0.2, 0.25) is 5.91 Å². The lowest BCUT2D eigenvalue weighted by Crippen LogP contribution is -2.52. The predicted octanol–water partition coefficient (Wildman–Crippen LogP) is 0.950. The first-order valence-electron chi connectivity index (χ1n) is 5.33. The highest BCUT2D eigenvalue weighted by Gasteiger charge is 2.22. The van der Waals surface area contributed by atoms with Gasteiger partial charge in [-0.3, -0.25) is 4.79 Å². The number of amides is 1. The zero-order chi connectivity index (χ0) is 10.4. The molecule has 1 aliphatic heterocycles. The van der Waals surface area contributed by atoms with Crippen molar-refractivity contribution in [2.24, 2.45) is 0 Å². The number of hydrogen-bond donors (Lipinski definition) is 1. The summed E-state index contributed by atoms with van der Waals surface area (Å²) in [5.74, 6) is 2.04. The summed E-state index contributed by atoms with van der Waals surface area (Å²) in [4.78, 5) is 13.8. The largest absolute Gasteiger partial charge is 0.337 e. The fourth-order valence-electron chi connectivity index (χ4n) is 1.60. The number of nitrogens with one attached hydrogen (secondary N) is 1. The van der Waals surface area contributed by atoms with Gasteiger partial charge in [0, 0.05) is 25.7 Å². The fraction of sp³-hybridized carbons (Fsp3) is 0.900. The van der Waals surface area contributed by atoms with Crippen molar-refractivity contribution in [3.63, 3.8) is 0 Å². The summed E-state index contributed by atoms with van der Waals surface area (Å²) in [5.41, 5.74) is 0. The Morgan fingerprint density at radius 2 is 2.43 bits per heavy atom. The molecule has 4 heteroatoms. The van der Waals surface area contributed by atoms with Crippen LogP contribution in [0.1, 0.15) is 20.3 Å². The van der Waals surface area contributed by atoms with E-state index in [0.717, 1.165) is 31.8 Å². The van der Waals surface area contributed by atoms with E-state index >= 15 is 0 Å². The Balaban J connectivity index is 2.27. The molecule has 0 aromatic carbocycles. The molecular weight excluding hydrogens is 196 g/mol. The monoisotopic (exact) mass is 216 g/mol. The molecule has 1 fully saturated rings. The fourth-order valence-corrected chi connectivity index (χ4v) is 2.37. The first-order chi connectivity index (χ1) is 6.75. The molecule has 0 aromatic heterocycles. The van der Waals surface area contributed by atoms with Crippen LogP contribution in [-0.4, -0.2) is 48.0 Å². The van der Waals surface area contributed by atoms with Crippen molar-refractivity contribution in [3.8, 4) is 0 Å². The van der Waals surface area contributed by atoms with Crippen molar-refractivity contribution < 1.29 is 4.79 Å². The molecule has 0 unspecified atom stereocenters. The molecule has 0 bridgehead atoms. The van der Waals surface area contributed by atoms with Crippen molar-refractivity contribution in [1.29, 1.82) is 0 Å². The van der Waals surface area contributed by atoms with Gasteiger partial charge in [0.15, 0.2) is 0 Å². The second-order valence-electron chi connectivity index (χ2n) is 3.69. The molecule has 1 aliphatic rings. The molecule has 0 aromatic rings. The van der Waals surface area contributed by atoms with Crippen molar-refractivity contribution in [2.75, 3.05) is 31.1 Å². The summed E-state index contributed by atoms with van der Waals surface area (Å²) >= 11 is 1.75. The molecule has 0 radical (unpaired) electrons. The third kappa shape index (κ3) is 3.50. The highest BCUT2D eigenvalue weighted by Crippen LogP contribution is 2.08. The average molecular weight is 216 g/mol. The number of thioether (sulfide) groups is 1. The molecule has 0 aliphatic carbocycles. The molecule has 82 valence electrons. The van der Waals surface area contributed by atoms with Crippen LogP contribution in [0.2, 0.25) is 0 Å². The van der Waals surface area contributed by atoms with E-state index < -0.39 is 0 Å². The quantitative estimate of drug-likeness (QED) is 0.710. The van der Waals surface area contributed by atoms with E-state index in [1.165, 1.54) is 0 Å². The van der Waals surface area contributed by atoms with Crippen LogP contribution >= 0.6 is 11.8 Å². The smallest absolute Gasteiger partial charge is 0.232 e. The second-order valence-corrected chi connectivity index (χ2v) is 4.80. The molecule has 0 saturated carbocycles. The molecule has 1 heterocycles. The van der Waals surface area contributed by atoms with Gasteiger partial charge in [-0.05, 0) is 19.1 Å². The third-order valence-corrected chi connectivity index (χ3v) is 3.54. The SMILES string of the molecule is CCCSCC(=O)N1CCNC[C@H]1C. The first-order valence-corrected chi connectivity index (χ1v) is 6.49. The lowest BCUT2D eigenvalue weighted by molar-refractivity contribution is -0.131. The van der Waals surface area contributed by atoms with Crippen LogP contribution in [0.4, 0.5) is 0 Å². The molecule has 1 saturated heterocycles. The van der Waals surface area contributed by atoms with Crippen LogP contribution in [-0.2, 0) is 4.79 Å². The van der Waals surface area contributed by atoms with E-state index in [4.69, 9.17) is 0 Å². The van der Waals surface area contributed by atoms with Gasteiger partial charge in [-0.2, -0.15) is 11.8 Å². The van der Waals surface area contributed by atoms with Gasteiger partial charge < -0.3 is 10.2 Å². The van der Waals surface area contributed by atoms with Gasteiger partial charge >= 0.3 is 0 Å². The molecule has 3 nitrogen and oxygen atoms in total. The minimum atomic E-state index is 0.303. The van der Waals surface area contributed by atoms with Crippen LogP contribution in [0.3, 0.4) is 0 Å². The zero-order valence-electron chi connectivity index (χ0n) is 9.08. The third-order valence-electron chi connectivity index (χ3n) is 2.40. The highest BCUT2D eigenvalue weighted by atomic mass is 32.2. The summed E-state index contributed by atoms with van der Waals surface area (Å²) in [6, 6.07) is 0.360. The maximum absolute atomic E-state index is 11.8. The highest BCUT2D eigenvalue weighted by molar-refractivity contribution is 7.99. The minimum Gasteiger partial charge on any atom is -0.337 e. The molecule has 1 N–H and O–H groups in total. The normalized spacial score (nSPS) is 22.4. The van der Waals surface area contributed by atoms with Crippen molar-refractivity contribution >= 4 is 17.7 Å². The van der Waals surface area contributed by atoms with E-state index in [0.29, 0.717) is 17.7 Å². The Morgan fingerprint density at radius 1 is 1.64 bits per heavy atom. The summed E-state index contributed by atoms with van der Waals surface area (Å²) in [7, 11) is 0. The van der Waals surface area contributed by atoms with E-state index in [-0.39, 0.29) is 0 Å². The van der Waals surface area contributed by atoms with Crippen molar-refractivity contribution in [3.05, 3.63) is 0 Å². The van der Waals surface area contributed by atoms with Gasteiger partial charge in [-0.15, -0.1) is 0 Å². The van der Waals surface area contributed by atoms with Crippen LogP contribution in [0.5, 0.6) is 0 Å². The van der Waals surface area contributed by atoms with E-state index in [9.17, 15) is 4.79 Å². The van der Waals surface area contributed by atoms with Crippen molar-refractivity contribution in [2.45, 2.75) is 26.3 Å². The lowest BCUT2D eigenvalue weighted by Gasteiger charge is -2.33. The number of rotatable bonds is 4. The average Bonchev–Trinajstić information content (AvgIpc) is 2.18. The molecular formula is C10H20N2OS. The van der Waals surface area contributed by atoms with E-state index in [1.54, 1.807) is 11.8 Å². The second kappa shape index (κ2) is 6.30. The Bertz CT molecular complexity index is 187. The van der Waals surface area contributed by atoms with Crippen molar-refractivity contribution in [1.82, 2.24) is 10.2 Å². The molecule has 14 heavy (non-hydrogen) atoms. The first kappa shape index (κ1) is 11.9. The van der Waals surface area contributed by atoms with Gasteiger partial charge in [0.25, 0.3) is 0 Å². The predicted molar refractivity (Wildman–Crippen MR) is 61.7 cm³/mol. The summed E-state index contributed by atoms with van der Waals surface area (Å²) in [6.45, 7) is 6.99. The topological polar surface area (TPSA) is 32.3 Å². The summed E-state index contributed by atoms with van der Waals surface area (Å²) < 4.78 is 0. The Kier molecular flexibility index (Phi) is 5.33. The number of hydrogen-bond acceptors (Lipinski definition) is 3. The van der Waals surface area contributed by atoms with Gasteiger partial charge in [-0.25, -0.2) is 0 Å². The number of carbonyl (C=O) groups excluding carboxylic acids is 1.